The average molecular weight is 484 g/mol. The highest BCUT2D eigenvalue weighted by atomic mass is 35.5. The molecule has 1 saturated heterocycles. The molecule has 1 aliphatic rings. The predicted octanol–water partition coefficient (Wildman–Crippen LogP) is 4.31. The van der Waals surface area contributed by atoms with Crippen LogP contribution in [-0.4, -0.2) is 48.4 Å². The van der Waals surface area contributed by atoms with Crippen LogP contribution in [0.15, 0.2) is 0 Å². The van der Waals surface area contributed by atoms with Gasteiger partial charge in [-0.25, -0.2) is 0 Å². The van der Waals surface area contributed by atoms with Gasteiger partial charge in [-0.1, -0.05) is 64.7 Å². The monoisotopic (exact) mass is 482 g/mol. The van der Waals surface area contributed by atoms with Gasteiger partial charge >= 0.3 is 0 Å². The lowest BCUT2D eigenvalue weighted by Gasteiger charge is -2.25. The molecule has 2 unspecified atom stereocenters. The highest BCUT2D eigenvalue weighted by Crippen LogP contribution is 2.19. The number of carbonyl (C=O) groups is 2. The van der Waals surface area contributed by atoms with Crippen LogP contribution < -0.4 is 16.8 Å². The van der Waals surface area contributed by atoms with Gasteiger partial charge < -0.3 is 21.7 Å². The zero-order valence-corrected chi connectivity index (χ0v) is 21.3. The van der Waals surface area contributed by atoms with Crippen molar-refractivity contribution in [3.8, 4) is 0 Å². The molecular weight excluding hydrogens is 435 g/mol. The lowest BCUT2D eigenvalue weighted by molar-refractivity contribution is -0.132. The second-order valence-corrected chi connectivity index (χ2v) is 8.60. The molecule has 1 rings (SSSR count). The van der Waals surface area contributed by atoms with Gasteiger partial charge in [-0.2, -0.15) is 0 Å². The summed E-state index contributed by atoms with van der Waals surface area (Å²) in [6, 6.07) is -0.352. The third kappa shape index (κ3) is 15.0. The van der Waals surface area contributed by atoms with Crippen LogP contribution in [0.2, 0.25) is 0 Å². The number of nitrogens with two attached hydrogens (primary N) is 2. The highest BCUT2D eigenvalue weighted by Gasteiger charge is 2.28. The second kappa shape index (κ2) is 21.3. The molecule has 1 aliphatic heterocycles. The number of halogens is 2. The molecule has 0 spiro atoms. The minimum Gasteiger partial charge on any atom is -0.353 e. The van der Waals surface area contributed by atoms with Crippen molar-refractivity contribution in [3.05, 3.63) is 0 Å². The molecule has 5 N–H and O–H groups in total. The summed E-state index contributed by atoms with van der Waals surface area (Å²) >= 11 is 0. The second-order valence-electron chi connectivity index (χ2n) is 8.60. The van der Waals surface area contributed by atoms with E-state index in [-0.39, 0.29) is 42.7 Å². The molecule has 8 heteroatoms. The molecule has 0 aliphatic carbocycles. The molecule has 0 aromatic rings. The van der Waals surface area contributed by atoms with Gasteiger partial charge in [0.25, 0.3) is 0 Å². The number of carbonyl (C=O) groups excluding carboxylic acids is 2. The fourth-order valence-electron chi connectivity index (χ4n) is 4.10. The number of likely N-dealkylation sites (tertiary alicyclic amines) is 1. The summed E-state index contributed by atoms with van der Waals surface area (Å²) in [5.74, 6) is 0.136. The Morgan fingerprint density at radius 3 is 2.19 bits per heavy atom. The van der Waals surface area contributed by atoms with Gasteiger partial charge in [0, 0.05) is 25.6 Å². The van der Waals surface area contributed by atoms with E-state index in [0.29, 0.717) is 25.9 Å². The Balaban J connectivity index is 0. The largest absolute Gasteiger partial charge is 0.353 e. The van der Waals surface area contributed by atoms with Crippen molar-refractivity contribution in [2.45, 2.75) is 115 Å². The summed E-state index contributed by atoms with van der Waals surface area (Å²) in [7, 11) is 0. The van der Waals surface area contributed by atoms with Crippen LogP contribution in [0.4, 0.5) is 0 Å². The lowest BCUT2D eigenvalue weighted by Crippen LogP contribution is -2.47. The molecule has 31 heavy (non-hydrogen) atoms. The SMILES string of the molecule is CCCCCCCCCCCC(=O)N1CCCC1CNC(=O)C(N)CCCCN.Cl.Cl. The first-order valence-electron chi connectivity index (χ1n) is 12.1. The van der Waals surface area contributed by atoms with E-state index in [1.807, 2.05) is 4.90 Å². The minimum atomic E-state index is -0.478. The Morgan fingerprint density at radius 1 is 0.968 bits per heavy atom. The Morgan fingerprint density at radius 2 is 1.58 bits per heavy atom. The van der Waals surface area contributed by atoms with E-state index in [1.54, 1.807) is 0 Å². The number of nitrogens with zero attached hydrogens (tertiary/aromatic N) is 1. The summed E-state index contributed by atoms with van der Waals surface area (Å²) in [6.07, 6.45) is 16.4. The number of unbranched alkanes of at least 4 members (excludes halogenated alkanes) is 9. The van der Waals surface area contributed by atoms with E-state index < -0.39 is 6.04 Å². The van der Waals surface area contributed by atoms with Gasteiger partial charge in [0.15, 0.2) is 0 Å². The van der Waals surface area contributed by atoms with Crippen LogP contribution in [0, 0.1) is 0 Å². The standard InChI is InChI=1S/C23H46N4O2.2ClH/c1-2-3-4-5-6-7-8-9-10-16-22(28)27-18-13-14-20(27)19-26-23(29)21(25)15-11-12-17-24;;/h20-21H,2-19,24-25H2,1H3,(H,26,29);2*1H. The fraction of sp³-hybridized carbons (Fsp3) is 0.913. The van der Waals surface area contributed by atoms with Crippen LogP contribution in [0.1, 0.15) is 103 Å². The van der Waals surface area contributed by atoms with Gasteiger partial charge in [0.2, 0.25) is 11.8 Å². The van der Waals surface area contributed by atoms with Crippen LogP contribution in [-0.2, 0) is 9.59 Å². The number of hydrogen-bond acceptors (Lipinski definition) is 4. The Kier molecular flexibility index (Phi) is 22.4. The first-order chi connectivity index (χ1) is 14.1. The lowest BCUT2D eigenvalue weighted by atomic mass is 10.1. The summed E-state index contributed by atoms with van der Waals surface area (Å²) in [6.45, 7) is 4.22. The average Bonchev–Trinajstić information content (AvgIpc) is 3.19. The topological polar surface area (TPSA) is 101 Å². The van der Waals surface area contributed by atoms with E-state index in [0.717, 1.165) is 45.1 Å². The molecule has 0 radical (unpaired) electrons. The zero-order valence-electron chi connectivity index (χ0n) is 19.6. The van der Waals surface area contributed by atoms with Crippen LogP contribution in [0.25, 0.3) is 0 Å². The van der Waals surface area contributed by atoms with Crippen molar-refractivity contribution in [1.82, 2.24) is 10.2 Å². The Bertz CT molecular complexity index is 455. The maximum Gasteiger partial charge on any atom is 0.236 e. The van der Waals surface area contributed by atoms with Gasteiger partial charge in [0.05, 0.1) is 6.04 Å². The number of amides is 2. The third-order valence-corrected chi connectivity index (χ3v) is 6.01. The normalized spacial score (nSPS) is 16.4. The molecule has 0 bridgehead atoms. The molecule has 2 amide bonds. The van der Waals surface area contributed by atoms with Crippen molar-refractivity contribution in [3.63, 3.8) is 0 Å². The Labute approximate surface area is 202 Å². The van der Waals surface area contributed by atoms with Gasteiger partial charge in [-0.05, 0) is 38.6 Å². The predicted molar refractivity (Wildman–Crippen MR) is 135 cm³/mol. The van der Waals surface area contributed by atoms with E-state index in [2.05, 4.69) is 12.2 Å². The maximum atomic E-state index is 12.6. The summed E-state index contributed by atoms with van der Waals surface area (Å²) in [4.78, 5) is 26.7. The van der Waals surface area contributed by atoms with Crippen LogP contribution in [0.3, 0.4) is 0 Å². The van der Waals surface area contributed by atoms with Crippen LogP contribution >= 0.6 is 24.8 Å². The quantitative estimate of drug-likeness (QED) is 0.268. The molecule has 0 aromatic heterocycles. The molecule has 6 nitrogen and oxygen atoms in total. The van der Waals surface area contributed by atoms with E-state index in [1.165, 1.54) is 44.9 Å². The number of nitrogens with one attached hydrogen (secondary N) is 1. The summed E-state index contributed by atoms with van der Waals surface area (Å²) in [5, 5.41) is 2.95. The zero-order chi connectivity index (χ0) is 21.3. The van der Waals surface area contributed by atoms with Crippen molar-refractivity contribution < 1.29 is 9.59 Å². The smallest absolute Gasteiger partial charge is 0.236 e. The summed E-state index contributed by atoms with van der Waals surface area (Å²) in [5.41, 5.74) is 11.4. The van der Waals surface area contributed by atoms with Crippen molar-refractivity contribution in [2.75, 3.05) is 19.6 Å². The van der Waals surface area contributed by atoms with E-state index in [9.17, 15) is 9.59 Å². The first kappa shape index (κ1) is 32.6. The first-order valence-corrected chi connectivity index (χ1v) is 12.1. The van der Waals surface area contributed by atoms with Gasteiger partial charge in [-0.15, -0.1) is 24.8 Å². The van der Waals surface area contributed by atoms with E-state index >= 15 is 0 Å². The third-order valence-electron chi connectivity index (χ3n) is 6.01. The molecule has 186 valence electrons. The molecule has 2 atom stereocenters. The van der Waals surface area contributed by atoms with Gasteiger partial charge in [0.1, 0.15) is 0 Å². The maximum absolute atomic E-state index is 12.6. The fourth-order valence-corrected chi connectivity index (χ4v) is 4.10. The molecular formula is C23H48Cl2N4O2. The number of hydrogen-bond donors (Lipinski definition) is 3. The molecule has 0 saturated carbocycles. The Hall–Kier alpha value is -0.560. The molecule has 0 aromatic carbocycles. The van der Waals surface area contributed by atoms with Crippen LogP contribution in [0.5, 0.6) is 0 Å². The van der Waals surface area contributed by atoms with E-state index in [4.69, 9.17) is 11.5 Å². The van der Waals surface area contributed by atoms with Gasteiger partial charge in [-0.3, -0.25) is 9.59 Å². The van der Waals surface area contributed by atoms with Crippen molar-refractivity contribution in [1.29, 1.82) is 0 Å². The number of rotatable bonds is 17. The van der Waals surface area contributed by atoms with Crippen molar-refractivity contribution in [2.24, 2.45) is 11.5 Å². The molecule has 1 fully saturated rings. The summed E-state index contributed by atoms with van der Waals surface area (Å²) < 4.78 is 0. The van der Waals surface area contributed by atoms with Crippen molar-refractivity contribution >= 4 is 36.6 Å². The molecule has 1 heterocycles. The highest BCUT2D eigenvalue weighted by molar-refractivity contribution is 5.85. The minimum absolute atomic E-state index is 0.